The quantitative estimate of drug-likeness (QED) is 0.671. The highest BCUT2D eigenvalue weighted by Gasteiger charge is 2.42. The van der Waals surface area contributed by atoms with Gasteiger partial charge in [0.25, 0.3) is 0 Å². The standard InChI is InChI=1S/C16H21ClFN3O/c1-19-15(20-9-12-13(17)3-2-4-14(12)18)21-7-5-16(10-21)6-8-22-11-16/h2-4H,5-11H2,1H3,(H,19,20). The van der Waals surface area contributed by atoms with Crippen LogP contribution in [0, 0.1) is 11.2 Å². The van der Waals surface area contributed by atoms with Gasteiger partial charge in [0.05, 0.1) is 6.61 Å². The van der Waals surface area contributed by atoms with Crippen molar-refractivity contribution in [1.82, 2.24) is 10.2 Å². The third-order valence-corrected chi connectivity index (χ3v) is 4.97. The molecule has 0 saturated carbocycles. The summed E-state index contributed by atoms with van der Waals surface area (Å²) in [6, 6.07) is 4.73. The van der Waals surface area contributed by atoms with Gasteiger partial charge in [0, 0.05) is 49.3 Å². The lowest BCUT2D eigenvalue weighted by atomic mass is 9.87. The maximum absolute atomic E-state index is 13.8. The van der Waals surface area contributed by atoms with Gasteiger partial charge in [-0.05, 0) is 25.0 Å². The second kappa shape index (κ2) is 6.42. The number of halogens is 2. The van der Waals surface area contributed by atoms with Crippen LogP contribution in [0.25, 0.3) is 0 Å². The molecule has 120 valence electrons. The van der Waals surface area contributed by atoms with Gasteiger partial charge in [-0.15, -0.1) is 0 Å². The largest absolute Gasteiger partial charge is 0.381 e. The van der Waals surface area contributed by atoms with E-state index in [1.165, 1.54) is 6.07 Å². The molecule has 2 saturated heterocycles. The van der Waals surface area contributed by atoms with Gasteiger partial charge in [-0.2, -0.15) is 0 Å². The van der Waals surface area contributed by atoms with Gasteiger partial charge in [0.2, 0.25) is 0 Å². The predicted molar refractivity (Wildman–Crippen MR) is 85.7 cm³/mol. The highest BCUT2D eigenvalue weighted by Crippen LogP contribution is 2.38. The summed E-state index contributed by atoms with van der Waals surface area (Å²) >= 11 is 6.06. The fourth-order valence-corrected chi connectivity index (χ4v) is 3.52. The monoisotopic (exact) mass is 325 g/mol. The number of hydrogen-bond acceptors (Lipinski definition) is 2. The summed E-state index contributed by atoms with van der Waals surface area (Å²) in [7, 11) is 1.75. The third kappa shape index (κ3) is 3.06. The van der Waals surface area contributed by atoms with Crippen molar-refractivity contribution in [3.8, 4) is 0 Å². The van der Waals surface area contributed by atoms with Crippen molar-refractivity contribution < 1.29 is 9.13 Å². The summed E-state index contributed by atoms with van der Waals surface area (Å²) in [5.41, 5.74) is 0.746. The van der Waals surface area contributed by atoms with E-state index in [0.29, 0.717) is 17.1 Å². The summed E-state index contributed by atoms with van der Waals surface area (Å²) in [6.45, 7) is 3.91. The van der Waals surface area contributed by atoms with Crippen molar-refractivity contribution in [2.24, 2.45) is 10.4 Å². The minimum absolute atomic E-state index is 0.271. The number of ether oxygens (including phenoxy) is 1. The molecule has 2 heterocycles. The first-order valence-corrected chi connectivity index (χ1v) is 7.98. The van der Waals surface area contributed by atoms with E-state index in [1.807, 2.05) is 0 Å². The summed E-state index contributed by atoms with van der Waals surface area (Å²) in [5.74, 6) is 0.501. The van der Waals surface area contributed by atoms with E-state index in [2.05, 4.69) is 15.2 Å². The van der Waals surface area contributed by atoms with Gasteiger partial charge in [-0.3, -0.25) is 4.99 Å². The molecule has 4 nitrogen and oxygen atoms in total. The zero-order valence-electron chi connectivity index (χ0n) is 12.7. The van der Waals surface area contributed by atoms with Crippen LogP contribution in [0.5, 0.6) is 0 Å². The van der Waals surface area contributed by atoms with Crippen LogP contribution in [0.15, 0.2) is 23.2 Å². The molecule has 1 spiro atoms. The molecular weight excluding hydrogens is 305 g/mol. The smallest absolute Gasteiger partial charge is 0.193 e. The first-order valence-electron chi connectivity index (χ1n) is 7.60. The molecule has 0 aromatic heterocycles. The normalized spacial score (nSPS) is 25.2. The molecule has 1 atom stereocenters. The summed E-state index contributed by atoms with van der Waals surface area (Å²) in [6.07, 6.45) is 2.23. The van der Waals surface area contributed by atoms with Gasteiger partial charge >= 0.3 is 0 Å². The van der Waals surface area contributed by atoms with Crippen LogP contribution in [0.2, 0.25) is 5.02 Å². The molecular formula is C16H21ClFN3O. The number of nitrogens with one attached hydrogen (secondary N) is 1. The van der Waals surface area contributed by atoms with Crippen molar-refractivity contribution in [2.75, 3.05) is 33.4 Å². The lowest BCUT2D eigenvalue weighted by Crippen LogP contribution is -2.41. The number of aliphatic imine (C=N–C) groups is 1. The van der Waals surface area contributed by atoms with Crippen LogP contribution >= 0.6 is 11.6 Å². The maximum atomic E-state index is 13.8. The van der Waals surface area contributed by atoms with E-state index in [1.54, 1.807) is 19.2 Å². The molecule has 0 radical (unpaired) electrons. The fraction of sp³-hybridized carbons (Fsp3) is 0.562. The first-order chi connectivity index (χ1) is 10.6. The number of rotatable bonds is 2. The average Bonchev–Trinajstić information content (AvgIpc) is 3.13. The minimum Gasteiger partial charge on any atom is -0.381 e. The predicted octanol–water partition coefficient (Wildman–Crippen LogP) is 2.67. The Morgan fingerprint density at radius 1 is 1.50 bits per heavy atom. The Bertz CT molecular complexity index is 552. The van der Waals surface area contributed by atoms with E-state index in [-0.39, 0.29) is 11.2 Å². The van der Waals surface area contributed by atoms with Crippen molar-refractivity contribution in [3.63, 3.8) is 0 Å². The van der Waals surface area contributed by atoms with Gasteiger partial charge in [-0.25, -0.2) is 4.39 Å². The zero-order valence-corrected chi connectivity index (χ0v) is 13.5. The van der Waals surface area contributed by atoms with Gasteiger partial charge in [0.1, 0.15) is 5.82 Å². The Hall–Kier alpha value is -1.33. The minimum atomic E-state index is -0.294. The van der Waals surface area contributed by atoms with Crippen LogP contribution in [0.4, 0.5) is 4.39 Å². The molecule has 0 aliphatic carbocycles. The highest BCUT2D eigenvalue weighted by atomic mass is 35.5. The summed E-state index contributed by atoms with van der Waals surface area (Å²) in [4.78, 5) is 6.55. The Morgan fingerprint density at radius 3 is 3.05 bits per heavy atom. The lowest BCUT2D eigenvalue weighted by Gasteiger charge is -2.25. The molecule has 1 aromatic carbocycles. The molecule has 2 aliphatic rings. The van der Waals surface area contributed by atoms with E-state index in [9.17, 15) is 4.39 Å². The second-order valence-electron chi connectivity index (χ2n) is 6.08. The van der Waals surface area contributed by atoms with Gasteiger partial charge in [-0.1, -0.05) is 17.7 Å². The van der Waals surface area contributed by atoms with Crippen molar-refractivity contribution in [1.29, 1.82) is 0 Å². The number of hydrogen-bond donors (Lipinski definition) is 1. The molecule has 1 aromatic rings. The number of guanidine groups is 1. The highest BCUT2D eigenvalue weighted by molar-refractivity contribution is 6.31. The molecule has 1 N–H and O–H groups in total. The number of nitrogens with zero attached hydrogens (tertiary/aromatic N) is 2. The molecule has 22 heavy (non-hydrogen) atoms. The van der Waals surface area contributed by atoms with Gasteiger partial charge < -0.3 is 15.0 Å². The molecule has 2 fully saturated rings. The molecule has 0 amide bonds. The molecule has 2 aliphatic heterocycles. The Kier molecular flexibility index (Phi) is 4.54. The van der Waals surface area contributed by atoms with E-state index in [4.69, 9.17) is 16.3 Å². The van der Waals surface area contributed by atoms with E-state index < -0.39 is 0 Å². The average molecular weight is 326 g/mol. The number of likely N-dealkylation sites (tertiary alicyclic amines) is 1. The van der Waals surface area contributed by atoms with Gasteiger partial charge in [0.15, 0.2) is 5.96 Å². The van der Waals surface area contributed by atoms with Crippen LogP contribution in [-0.2, 0) is 11.3 Å². The molecule has 1 unspecified atom stereocenters. The van der Waals surface area contributed by atoms with Crippen molar-refractivity contribution >= 4 is 17.6 Å². The van der Waals surface area contributed by atoms with E-state index >= 15 is 0 Å². The molecule has 0 bridgehead atoms. The Balaban J connectivity index is 1.64. The summed E-state index contributed by atoms with van der Waals surface area (Å²) in [5, 5.41) is 3.66. The fourth-order valence-electron chi connectivity index (χ4n) is 3.29. The Morgan fingerprint density at radius 2 is 2.36 bits per heavy atom. The molecule has 3 rings (SSSR count). The molecule has 6 heteroatoms. The third-order valence-electron chi connectivity index (χ3n) is 4.62. The van der Waals surface area contributed by atoms with Crippen molar-refractivity contribution in [2.45, 2.75) is 19.4 Å². The maximum Gasteiger partial charge on any atom is 0.193 e. The van der Waals surface area contributed by atoms with Crippen LogP contribution in [0.1, 0.15) is 18.4 Å². The first kappa shape index (κ1) is 15.6. The van der Waals surface area contributed by atoms with Crippen LogP contribution < -0.4 is 5.32 Å². The lowest BCUT2D eigenvalue weighted by molar-refractivity contribution is 0.156. The van der Waals surface area contributed by atoms with E-state index in [0.717, 1.165) is 45.1 Å². The topological polar surface area (TPSA) is 36.9 Å². The Labute approximate surface area is 135 Å². The van der Waals surface area contributed by atoms with Crippen LogP contribution in [0.3, 0.4) is 0 Å². The second-order valence-corrected chi connectivity index (χ2v) is 6.48. The summed E-state index contributed by atoms with van der Waals surface area (Å²) < 4.78 is 19.4. The zero-order chi connectivity index (χ0) is 15.6. The van der Waals surface area contributed by atoms with Crippen LogP contribution in [-0.4, -0.2) is 44.2 Å². The van der Waals surface area contributed by atoms with Crippen molar-refractivity contribution in [3.05, 3.63) is 34.6 Å². The SMILES string of the molecule is CN=C(NCc1c(F)cccc1Cl)N1CCC2(CCOC2)C1. The number of benzene rings is 1.